The SMILES string of the molecule is COc1ccc(CCCCc2ccccc2OC2CCNCC2)cc1. The minimum absolute atomic E-state index is 0.363. The van der Waals surface area contributed by atoms with Crippen LogP contribution in [0.15, 0.2) is 48.5 Å². The highest BCUT2D eigenvalue weighted by atomic mass is 16.5. The van der Waals surface area contributed by atoms with E-state index in [0.717, 1.165) is 50.3 Å². The van der Waals surface area contributed by atoms with Crippen molar-refractivity contribution in [2.24, 2.45) is 0 Å². The van der Waals surface area contributed by atoms with Gasteiger partial charge in [0.25, 0.3) is 0 Å². The molecule has 0 radical (unpaired) electrons. The maximum absolute atomic E-state index is 6.27. The van der Waals surface area contributed by atoms with Crippen LogP contribution < -0.4 is 14.8 Å². The summed E-state index contributed by atoms with van der Waals surface area (Å²) in [6.07, 6.45) is 7.13. The summed E-state index contributed by atoms with van der Waals surface area (Å²) in [6, 6.07) is 16.9. The molecule has 0 spiro atoms. The normalized spacial score (nSPS) is 15.1. The van der Waals surface area contributed by atoms with Crippen molar-refractivity contribution in [2.45, 2.75) is 44.6 Å². The van der Waals surface area contributed by atoms with Crippen molar-refractivity contribution in [3.8, 4) is 11.5 Å². The predicted molar refractivity (Wildman–Crippen MR) is 103 cm³/mol. The topological polar surface area (TPSA) is 30.5 Å². The van der Waals surface area contributed by atoms with Gasteiger partial charge in [-0.2, -0.15) is 0 Å². The van der Waals surface area contributed by atoms with Crippen molar-refractivity contribution >= 4 is 0 Å². The second kappa shape index (κ2) is 9.47. The second-order valence-corrected chi connectivity index (χ2v) is 6.73. The van der Waals surface area contributed by atoms with Crippen LogP contribution in [0.25, 0.3) is 0 Å². The average molecular weight is 339 g/mol. The zero-order valence-corrected chi connectivity index (χ0v) is 15.2. The molecule has 2 aromatic carbocycles. The van der Waals surface area contributed by atoms with E-state index >= 15 is 0 Å². The summed E-state index contributed by atoms with van der Waals surface area (Å²) in [6.45, 7) is 2.13. The molecule has 0 unspecified atom stereocenters. The molecule has 0 bridgehead atoms. The van der Waals surface area contributed by atoms with Crippen LogP contribution in [0.5, 0.6) is 11.5 Å². The molecule has 0 saturated carbocycles. The molecule has 3 rings (SSSR count). The lowest BCUT2D eigenvalue weighted by Crippen LogP contribution is -2.34. The number of hydrogen-bond acceptors (Lipinski definition) is 3. The van der Waals surface area contributed by atoms with Crippen LogP contribution in [0.3, 0.4) is 0 Å². The van der Waals surface area contributed by atoms with Crippen LogP contribution in [0, 0.1) is 0 Å². The van der Waals surface area contributed by atoms with Crippen molar-refractivity contribution in [2.75, 3.05) is 20.2 Å². The minimum atomic E-state index is 0.363. The van der Waals surface area contributed by atoms with Gasteiger partial charge < -0.3 is 14.8 Å². The van der Waals surface area contributed by atoms with Crippen molar-refractivity contribution in [3.63, 3.8) is 0 Å². The fourth-order valence-corrected chi connectivity index (χ4v) is 3.35. The fraction of sp³-hybridized carbons (Fsp3) is 0.455. The Morgan fingerprint density at radius 1 is 0.920 bits per heavy atom. The standard InChI is InChI=1S/C22H29NO2/c1-24-20-12-10-18(11-13-20)6-2-3-7-19-8-4-5-9-22(19)25-21-14-16-23-17-15-21/h4-5,8-13,21,23H,2-3,6-7,14-17H2,1H3. The van der Waals surface area contributed by atoms with E-state index in [1.807, 2.05) is 12.1 Å². The summed E-state index contributed by atoms with van der Waals surface area (Å²) < 4.78 is 11.5. The molecule has 1 fully saturated rings. The zero-order chi connectivity index (χ0) is 17.3. The van der Waals surface area contributed by atoms with E-state index < -0.39 is 0 Å². The smallest absolute Gasteiger partial charge is 0.122 e. The highest BCUT2D eigenvalue weighted by Gasteiger charge is 2.15. The number of benzene rings is 2. The van der Waals surface area contributed by atoms with Gasteiger partial charge in [0.05, 0.1) is 7.11 Å². The number of ether oxygens (including phenoxy) is 2. The molecule has 1 saturated heterocycles. The third-order valence-electron chi connectivity index (χ3n) is 4.87. The van der Waals surface area contributed by atoms with Gasteiger partial charge in [-0.25, -0.2) is 0 Å². The molecule has 1 aliphatic heterocycles. The summed E-state index contributed by atoms with van der Waals surface area (Å²) in [4.78, 5) is 0. The summed E-state index contributed by atoms with van der Waals surface area (Å²) >= 11 is 0. The number of para-hydroxylation sites is 1. The molecule has 1 heterocycles. The first-order valence-corrected chi connectivity index (χ1v) is 9.43. The van der Waals surface area contributed by atoms with Crippen molar-refractivity contribution in [1.29, 1.82) is 0 Å². The molecule has 25 heavy (non-hydrogen) atoms. The van der Waals surface area contributed by atoms with Crippen molar-refractivity contribution in [1.82, 2.24) is 5.32 Å². The van der Waals surface area contributed by atoms with Crippen LogP contribution in [0.1, 0.15) is 36.8 Å². The van der Waals surface area contributed by atoms with Crippen LogP contribution in [0.2, 0.25) is 0 Å². The number of aryl methyl sites for hydroxylation is 2. The van der Waals surface area contributed by atoms with E-state index in [-0.39, 0.29) is 0 Å². The largest absolute Gasteiger partial charge is 0.497 e. The molecule has 0 amide bonds. The van der Waals surface area contributed by atoms with Gasteiger partial charge in [-0.3, -0.25) is 0 Å². The molecule has 1 aliphatic rings. The Balaban J connectivity index is 1.47. The number of nitrogens with one attached hydrogen (secondary N) is 1. The lowest BCUT2D eigenvalue weighted by atomic mass is 10.0. The molecule has 1 N–H and O–H groups in total. The average Bonchev–Trinajstić information content (AvgIpc) is 2.68. The third kappa shape index (κ3) is 5.50. The Labute approximate surface area is 151 Å². The van der Waals surface area contributed by atoms with E-state index in [4.69, 9.17) is 9.47 Å². The van der Waals surface area contributed by atoms with Crippen molar-refractivity contribution in [3.05, 3.63) is 59.7 Å². The van der Waals surface area contributed by atoms with Crippen LogP contribution >= 0.6 is 0 Å². The molecular formula is C22H29NO2. The van der Waals surface area contributed by atoms with E-state index in [1.54, 1.807) is 7.11 Å². The number of methoxy groups -OCH3 is 1. The first-order chi connectivity index (χ1) is 12.3. The Hall–Kier alpha value is -2.00. The van der Waals surface area contributed by atoms with Gasteiger partial charge >= 0.3 is 0 Å². The van der Waals surface area contributed by atoms with Gasteiger partial charge in [-0.05, 0) is 80.9 Å². The maximum Gasteiger partial charge on any atom is 0.122 e. The summed E-state index contributed by atoms with van der Waals surface area (Å²) in [5.41, 5.74) is 2.72. The Bertz CT molecular complexity index is 633. The number of rotatable bonds is 8. The summed E-state index contributed by atoms with van der Waals surface area (Å²) in [5.74, 6) is 2.01. The second-order valence-electron chi connectivity index (χ2n) is 6.73. The van der Waals surface area contributed by atoms with Crippen LogP contribution in [-0.2, 0) is 12.8 Å². The molecule has 134 valence electrons. The van der Waals surface area contributed by atoms with Gasteiger partial charge in [0.1, 0.15) is 17.6 Å². The minimum Gasteiger partial charge on any atom is -0.497 e. The Morgan fingerprint density at radius 3 is 2.40 bits per heavy atom. The molecule has 3 nitrogen and oxygen atoms in total. The fourth-order valence-electron chi connectivity index (χ4n) is 3.35. The van der Waals surface area contributed by atoms with E-state index in [2.05, 4.69) is 41.7 Å². The zero-order valence-electron chi connectivity index (χ0n) is 15.2. The Morgan fingerprint density at radius 2 is 1.64 bits per heavy atom. The van der Waals surface area contributed by atoms with Crippen LogP contribution in [-0.4, -0.2) is 26.3 Å². The molecular weight excluding hydrogens is 310 g/mol. The lowest BCUT2D eigenvalue weighted by Gasteiger charge is -2.25. The third-order valence-corrected chi connectivity index (χ3v) is 4.87. The highest BCUT2D eigenvalue weighted by Crippen LogP contribution is 2.24. The maximum atomic E-state index is 6.27. The first-order valence-electron chi connectivity index (χ1n) is 9.43. The van der Waals surface area contributed by atoms with E-state index in [0.29, 0.717) is 6.10 Å². The highest BCUT2D eigenvalue weighted by molar-refractivity contribution is 5.33. The van der Waals surface area contributed by atoms with Crippen molar-refractivity contribution < 1.29 is 9.47 Å². The van der Waals surface area contributed by atoms with E-state index in [9.17, 15) is 0 Å². The molecule has 0 atom stereocenters. The van der Waals surface area contributed by atoms with E-state index in [1.165, 1.54) is 24.0 Å². The number of hydrogen-bond donors (Lipinski definition) is 1. The van der Waals surface area contributed by atoms with Gasteiger partial charge in [0, 0.05) is 0 Å². The molecule has 0 aliphatic carbocycles. The first kappa shape index (κ1) is 17.8. The molecule has 3 heteroatoms. The molecule has 2 aromatic rings. The quantitative estimate of drug-likeness (QED) is 0.724. The summed E-state index contributed by atoms with van der Waals surface area (Å²) in [5, 5.41) is 3.39. The predicted octanol–water partition coefficient (Wildman–Crippen LogP) is 4.39. The van der Waals surface area contributed by atoms with Crippen LogP contribution in [0.4, 0.5) is 0 Å². The number of piperidine rings is 1. The van der Waals surface area contributed by atoms with Gasteiger partial charge in [0.2, 0.25) is 0 Å². The van der Waals surface area contributed by atoms with Gasteiger partial charge in [-0.1, -0.05) is 30.3 Å². The number of unbranched alkanes of at least 4 members (excludes halogenated alkanes) is 1. The van der Waals surface area contributed by atoms with Gasteiger partial charge in [0.15, 0.2) is 0 Å². The van der Waals surface area contributed by atoms with Gasteiger partial charge in [-0.15, -0.1) is 0 Å². The summed E-state index contributed by atoms with van der Waals surface area (Å²) in [7, 11) is 1.71. The molecule has 0 aromatic heterocycles. The Kier molecular flexibility index (Phi) is 6.75. The lowest BCUT2D eigenvalue weighted by molar-refractivity contribution is 0.161. The monoisotopic (exact) mass is 339 g/mol.